The Kier molecular flexibility index (Phi) is 5.27. The molecule has 0 unspecified atom stereocenters. The van der Waals surface area contributed by atoms with Crippen LogP contribution in [-0.2, 0) is 0 Å². The van der Waals surface area contributed by atoms with Gasteiger partial charge in [-0.25, -0.2) is 0 Å². The number of rotatable bonds is 8. The summed E-state index contributed by atoms with van der Waals surface area (Å²) < 4.78 is 0.235. The smallest absolute Gasteiger partial charge is 0.226 e. The number of thioether (sulfide) groups is 1. The summed E-state index contributed by atoms with van der Waals surface area (Å²) in [5.41, 5.74) is 0.756. The Morgan fingerprint density at radius 2 is 1.95 bits per heavy atom. The SMILES string of the molecule is CCNc1nc(NCC(CC)(CC)SC)c2cn[nH]c2n1. The van der Waals surface area contributed by atoms with E-state index < -0.39 is 0 Å². The summed E-state index contributed by atoms with van der Waals surface area (Å²) in [5, 5.41) is 14.6. The van der Waals surface area contributed by atoms with Crippen molar-refractivity contribution in [3.8, 4) is 0 Å². The first-order valence-corrected chi connectivity index (χ1v) is 8.64. The molecule has 3 N–H and O–H groups in total. The predicted molar refractivity (Wildman–Crippen MR) is 91.2 cm³/mol. The summed E-state index contributed by atoms with van der Waals surface area (Å²) >= 11 is 1.91. The number of aromatic nitrogens is 4. The molecule has 7 heteroatoms. The molecule has 0 amide bonds. The van der Waals surface area contributed by atoms with Crippen molar-refractivity contribution in [1.82, 2.24) is 20.2 Å². The van der Waals surface area contributed by atoms with E-state index in [1.807, 2.05) is 18.7 Å². The van der Waals surface area contributed by atoms with Crippen LogP contribution < -0.4 is 10.6 Å². The van der Waals surface area contributed by atoms with Crippen LogP contribution in [-0.4, -0.2) is 44.3 Å². The fourth-order valence-electron chi connectivity index (χ4n) is 2.31. The number of nitrogens with one attached hydrogen (secondary N) is 3. The molecular formula is C14H24N6S. The maximum atomic E-state index is 4.57. The molecule has 0 aliphatic rings. The molecule has 0 aliphatic heterocycles. The van der Waals surface area contributed by atoms with Crippen molar-refractivity contribution >= 4 is 34.6 Å². The van der Waals surface area contributed by atoms with E-state index in [-0.39, 0.29) is 4.75 Å². The Balaban J connectivity index is 2.26. The van der Waals surface area contributed by atoms with Crippen molar-refractivity contribution in [3.05, 3.63) is 6.20 Å². The molecule has 2 aromatic heterocycles. The van der Waals surface area contributed by atoms with Crippen molar-refractivity contribution in [2.45, 2.75) is 38.4 Å². The van der Waals surface area contributed by atoms with Gasteiger partial charge in [0.1, 0.15) is 5.82 Å². The third-order valence-electron chi connectivity index (χ3n) is 3.94. The van der Waals surface area contributed by atoms with Crippen molar-refractivity contribution < 1.29 is 0 Å². The van der Waals surface area contributed by atoms with Crippen LogP contribution >= 0.6 is 11.8 Å². The molecular weight excluding hydrogens is 284 g/mol. The first-order chi connectivity index (χ1) is 10.2. The molecule has 2 aromatic rings. The van der Waals surface area contributed by atoms with E-state index in [2.05, 4.69) is 50.9 Å². The Labute approximate surface area is 129 Å². The Morgan fingerprint density at radius 1 is 1.19 bits per heavy atom. The lowest BCUT2D eigenvalue weighted by Crippen LogP contribution is -2.32. The maximum absolute atomic E-state index is 4.57. The standard InChI is InChI=1S/C14H24N6S/c1-5-14(6-2,21-4)9-16-11-10-8-17-20-12(10)19-13(18-11)15-7-3/h8H,5-7,9H2,1-4H3,(H3,15,16,17,18,19,20). The summed E-state index contributed by atoms with van der Waals surface area (Å²) in [4.78, 5) is 8.97. The van der Waals surface area contributed by atoms with Gasteiger partial charge in [-0.15, -0.1) is 0 Å². The van der Waals surface area contributed by atoms with Gasteiger partial charge in [0.2, 0.25) is 5.95 Å². The highest BCUT2D eigenvalue weighted by molar-refractivity contribution is 8.00. The van der Waals surface area contributed by atoms with Crippen molar-refractivity contribution in [2.24, 2.45) is 0 Å². The van der Waals surface area contributed by atoms with Crippen LogP contribution in [0.5, 0.6) is 0 Å². The van der Waals surface area contributed by atoms with E-state index in [4.69, 9.17) is 0 Å². The van der Waals surface area contributed by atoms with E-state index >= 15 is 0 Å². The summed E-state index contributed by atoms with van der Waals surface area (Å²) in [5.74, 6) is 1.46. The van der Waals surface area contributed by atoms with E-state index in [1.165, 1.54) is 0 Å². The number of aromatic amines is 1. The van der Waals surface area contributed by atoms with Gasteiger partial charge in [0.05, 0.1) is 11.6 Å². The van der Waals surface area contributed by atoms with Crippen LogP contribution in [0.25, 0.3) is 11.0 Å². The van der Waals surface area contributed by atoms with Gasteiger partial charge in [0.25, 0.3) is 0 Å². The van der Waals surface area contributed by atoms with Gasteiger partial charge in [0.15, 0.2) is 5.65 Å². The topological polar surface area (TPSA) is 78.5 Å². The van der Waals surface area contributed by atoms with E-state index in [0.29, 0.717) is 5.95 Å². The number of anilines is 2. The molecule has 116 valence electrons. The minimum Gasteiger partial charge on any atom is -0.368 e. The zero-order chi connectivity index (χ0) is 15.3. The minimum absolute atomic E-state index is 0.235. The zero-order valence-electron chi connectivity index (χ0n) is 13.2. The molecule has 0 saturated heterocycles. The average molecular weight is 308 g/mol. The van der Waals surface area contributed by atoms with Crippen LogP contribution in [0.3, 0.4) is 0 Å². The normalized spacial score (nSPS) is 11.8. The van der Waals surface area contributed by atoms with Gasteiger partial charge in [0, 0.05) is 17.8 Å². The van der Waals surface area contributed by atoms with Crippen molar-refractivity contribution in [1.29, 1.82) is 0 Å². The van der Waals surface area contributed by atoms with Crippen LogP contribution in [0.15, 0.2) is 6.20 Å². The second-order valence-electron chi connectivity index (χ2n) is 5.01. The molecule has 0 aromatic carbocycles. The summed E-state index contributed by atoms with van der Waals surface area (Å²) in [6.45, 7) is 8.17. The summed E-state index contributed by atoms with van der Waals surface area (Å²) in [6.07, 6.45) is 6.19. The molecule has 0 aliphatic carbocycles. The zero-order valence-corrected chi connectivity index (χ0v) is 14.0. The highest BCUT2D eigenvalue weighted by atomic mass is 32.2. The number of fused-ring (bicyclic) bond motifs is 1. The number of nitrogens with zero attached hydrogens (tertiary/aromatic N) is 3. The first-order valence-electron chi connectivity index (χ1n) is 7.42. The Morgan fingerprint density at radius 3 is 2.57 bits per heavy atom. The third-order valence-corrected chi connectivity index (χ3v) is 5.53. The number of H-pyrrole nitrogens is 1. The van der Waals surface area contributed by atoms with Gasteiger partial charge in [-0.05, 0) is 26.0 Å². The second kappa shape index (κ2) is 6.98. The van der Waals surface area contributed by atoms with Crippen molar-refractivity contribution in [2.75, 3.05) is 30.0 Å². The molecule has 0 saturated carbocycles. The highest BCUT2D eigenvalue weighted by Gasteiger charge is 2.25. The lowest BCUT2D eigenvalue weighted by atomic mass is 10.0. The lowest BCUT2D eigenvalue weighted by molar-refractivity contribution is 0.574. The first kappa shape index (κ1) is 15.9. The van der Waals surface area contributed by atoms with Gasteiger partial charge < -0.3 is 10.6 Å². The van der Waals surface area contributed by atoms with Gasteiger partial charge in [-0.1, -0.05) is 13.8 Å². The van der Waals surface area contributed by atoms with Gasteiger partial charge >= 0.3 is 0 Å². The summed E-state index contributed by atoms with van der Waals surface area (Å²) in [7, 11) is 0. The van der Waals surface area contributed by atoms with Gasteiger partial charge in [-0.3, -0.25) is 5.10 Å². The fraction of sp³-hybridized carbons (Fsp3) is 0.643. The monoisotopic (exact) mass is 308 g/mol. The lowest BCUT2D eigenvalue weighted by Gasteiger charge is -2.30. The molecule has 0 atom stereocenters. The van der Waals surface area contributed by atoms with E-state index in [0.717, 1.165) is 42.8 Å². The molecule has 6 nitrogen and oxygen atoms in total. The molecule has 0 bridgehead atoms. The van der Waals surface area contributed by atoms with Crippen LogP contribution in [0, 0.1) is 0 Å². The van der Waals surface area contributed by atoms with Crippen molar-refractivity contribution in [3.63, 3.8) is 0 Å². The van der Waals surface area contributed by atoms with E-state index in [1.54, 1.807) is 6.20 Å². The molecule has 21 heavy (non-hydrogen) atoms. The Bertz CT molecular complexity index is 570. The second-order valence-corrected chi connectivity index (χ2v) is 6.28. The van der Waals surface area contributed by atoms with Crippen LogP contribution in [0.4, 0.5) is 11.8 Å². The third kappa shape index (κ3) is 3.40. The molecule has 2 rings (SSSR count). The maximum Gasteiger partial charge on any atom is 0.226 e. The van der Waals surface area contributed by atoms with Gasteiger partial charge in [-0.2, -0.15) is 26.8 Å². The predicted octanol–water partition coefficient (Wildman–Crippen LogP) is 3.12. The summed E-state index contributed by atoms with van der Waals surface area (Å²) in [6, 6.07) is 0. The molecule has 0 radical (unpaired) electrons. The average Bonchev–Trinajstić information content (AvgIpc) is 2.98. The number of hydrogen-bond donors (Lipinski definition) is 3. The molecule has 2 heterocycles. The highest BCUT2D eigenvalue weighted by Crippen LogP contribution is 2.31. The van der Waals surface area contributed by atoms with Crippen LogP contribution in [0.1, 0.15) is 33.6 Å². The largest absolute Gasteiger partial charge is 0.368 e. The number of hydrogen-bond acceptors (Lipinski definition) is 6. The Hall–Kier alpha value is -1.50. The minimum atomic E-state index is 0.235. The fourth-order valence-corrected chi connectivity index (χ4v) is 3.11. The molecule has 0 fully saturated rings. The molecule has 0 spiro atoms. The van der Waals surface area contributed by atoms with Crippen LogP contribution in [0.2, 0.25) is 0 Å². The van der Waals surface area contributed by atoms with E-state index in [9.17, 15) is 0 Å². The quantitative estimate of drug-likeness (QED) is 0.695.